The van der Waals surface area contributed by atoms with Crippen LogP contribution in [0.15, 0.2) is 36.5 Å². The first-order chi connectivity index (χ1) is 8.61. The molecule has 1 heterocycles. The van der Waals surface area contributed by atoms with Crippen LogP contribution in [0, 0.1) is 13.8 Å². The second kappa shape index (κ2) is 5.32. The van der Waals surface area contributed by atoms with Crippen LogP contribution >= 0.6 is 0 Å². The molecule has 0 amide bonds. The molecule has 2 rings (SSSR count). The maximum atomic E-state index is 6.30. The topological polar surface area (TPSA) is 38.9 Å². The van der Waals surface area contributed by atoms with Gasteiger partial charge in [0.15, 0.2) is 0 Å². The van der Waals surface area contributed by atoms with Gasteiger partial charge in [0.2, 0.25) is 0 Å². The third kappa shape index (κ3) is 2.59. The number of hydrogen-bond donors (Lipinski definition) is 1. The van der Waals surface area contributed by atoms with Crippen LogP contribution in [0.3, 0.4) is 0 Å². The summed E-state index contributed by atoms with van der Waals surface area (Å²) in [6, 6.07) is 10.5. The van der Waals surface area contributed by atoms with E-state index in [2.05, 4.69) is 49.2 Å². The van der Waals surface area contributed by atoms with E-state index in [4.69, 9.17) is 5.73 Å². The number of pyridine rings is 1. The van der Waals surface area contributed by atoms with E-state index < -0.39 is 0 Å². The lowest BCUT2D eigenvalue weighted by atomic mass is 9.98. The third-order valence-corrected chi connectivity index (χ3v) is 3.30. The number of nitrogens with zero attached hydrogens (tertiary/aromatic N) is 1. The van der Waals surface area contributed by atoms with E-state index in [9.17, 15) is 0 Å². The van der Waals surface area contributed by atoms with Crippen molar-refractivity contribution in [2.75, 3.05) is 0 Å². The van der Waals surface area contributed by atoms with Gasteiger partial charge >= 0.3 is 0 Å². The number of benzene rings is 1. The number of aromatic nitrogens is 1. The number of hydrogen-bond acceptors (Lipinski definition) is 2. The number of aryl methyl sites for hydroxylation is 3. The summed E-state index contributed by atoms with van der Waals surface area (Å²) >= 11 is 0. The van der Waals surface area contributed by atoms with Crippen LogP contribution < -0.4 is 5.73 Å². The summed E-state index contributed by atoms with van der Waals surface area (Å²) in [7, 11) is 0. The molecule has 0 saturated carbocycles. The SMILES string of the molecule is CCc1ccc(C(N)c2ncc(C)cc2C)cc1. The van der Waals surface area contributed by atoms with Crippen molar-refractivity contribution in [1.82, 2.24) is 4.98 Å². The average Bonchev–Trinajstić information content (AvgIpc) is 2.38. The van der Waals surface area contributed by atoms with E-state index >= 15 is 0 Å². The Morgan fingerprint density at radius 2 is 1.83 bits per heavy atom. The molecule has 94 valence electrons. The van der Waals surface area contributed by atoms with Gasteiger partial charge in [0.05, 0.1) is 11.7 Å². The summed E-state index contributed by atoms with van der Waals surface area (Å²) in [6.07, 6.45) is 2.93. The van der Waals surface area contributed by atoms with Crippen LogP contribution in [0.4, 0.5) is 0 Å². The predicted molar refractivity (Wildman–Crippen MR) is 75.6 cm³/mol. The van der Waals surface area contributed by atoms with Crippen LogP contribution in [0.5, 0.6) is 0 Å². The van der Waals surface area contributed by atoms with Crippen molar-refractivity contribution in [2.24, 2.45) is 5.73 Å². The fraction of sp³-hybridized carbons (Fsp3) is 0.312. The van der Waals surface area contributed by atoms with Crippen LogP contribution in [-0.2, 0) is 6.42 Å². The molecule has 0 saturated heterocycles. The fourth-order valence-electron chi connectivity index (χ4n) is 2.17. The van der Waals surface area contributed by atoms with Crippen LogP contribution in [-0.4, -0.2) is 4.98 Å². The maximum Gasteiger partial charge on any atom is 0.0729 e. The monoisotopic (exact) mass is 240 g/mol. The molecule has 0 aliphatic heterocycles. The van der Waals surface area contributed by atoms with Gasteiger partial charge in [0.1, 0.15) is 0 Å². The molecule has 0 bridgehead atoms. The molecule has 0 aliphatic rings. The Morgan fingerprint density at radius 1 is 1.17 bits per heavy atom. The standard InChI is InChI=1S/C16H20N2/c1-4-13-5-7-14(8-6-13)15(17)16-12(3)9-11(2)10-18-16/h5-10,15H,4,17H2,1-3H3. The van der Waals surface area contributed by atoms with Crippen molar-refractivity contribution in [2.45, 2.75) is 33.2 Å². The Bertz CT molecular complexity index is 529. The normalized spacial score (nSPS) is 12.4. The Balaban J connectivity index is 2.31. The molecule has 1 atom stereocenters. The van der Waals surface area contributed by atoms with Gasteiger partial charge in [-0.05, 0) is 42.5 Å². The zero-order valence-electron chi connectivity index (χ0n) is 11.3. The first-order valence-corrected chi connectivity index (χ1v) is 6.39. The first-order valence-electron chi connectivity index (χ1n) is 6.39. The minimum absolute atomic E-state index is 0.142. The summed E-state index contributed by atoms with van der Waals surface area (Å²) in [4.78, 5) is 4.47. The second-order valence-corrected chi connectivity index (χ2v) is 4.79. The molecule has 2 aromatic rings. The van der Waals surface area contributed by atoms with Gasteiger partial charge in [-0.2, -0.15) is 0 Å². The zero-order chi connectivity index (χ0) is 13.1. The molecular weight excluding hydrogens is 220 g/mol. The van der Waals surface area contributed by atoms with E-state index in [1.54, 1.807) is 0 Å². The molecule has 1 aromatic carbocycles. The van der Waals surface area contributed by atoms with E-state index in [-0.39, 0.29) is 6.04 Å². The van der Waals surface area contributed by atoms with Crippen LogP contribution in [0.1, 0.15) is 40.9 Å². The smallest absolute Gasteiger partial charge is 0.0729 e. The van der Waals surface area contributed by atoms with Gasteiger partial charge in [0, 0.05) is 6.20 Å². The summed E-state index contributed by atoms with van der Waals surface area (Å²) in [5, 5.41) is 0. The Morgan fingerprint density at radius 3 is 2.39 bits per heavy atom. The van der Waals surface area contributed by atoms with Crippen LogP contribution in [0.2, 0.25) is 0 Å². The van der Waals surface area contributed by atoms with Gasteiger partial charge in [0.25, 0.3) is 0 Å². The van der Waals surface area contributed by atoms with E-state index in [0.717, 1.165) is 23.2 Å². The molecule has 0 aliphatic carbocycles. The van der Waals surface area contributed by atoms with Crippen molar-refractivity contribution < 1.29 is 0 Å². The molecule has 2 heteroatoms. The first kappa shape index (κ1) is 12.8. The molecule has 0 fully saturated rings. The lowest BCUT2D eigenvalue weighted by Crippen LogP contribution is -2.15. The second-order valence-electron chi connectivity index (χ2n) is 4.79. The van der Waals surface area contributed by atoms with Crippen molar-refractivity contribution in [3.05, 3.63) is 64.5 Å². The van der Waals surface area contributed by atoms with E-state index in [1.165, 1.54) is 11.1 Å². The predicted octanol–water partition coefficient (Wildman–Crippen LogP) is 3.31. The Labute approximate surface area is 109 Å². The summed E-state index contributed by atoms with van der Waals surface area (Å²) in [5.74, 6) is 0. The van der Waals surface area contributed by atoms with Gasteiger partial charge in [-0.3, -0.25) is 4.98 Å². The van der Waals surface area contributed by atoms with Crippen molar-refractivity contribution >= 4 is 0 Å². The minimum Gasteiger partial charge on any atom is -0.319 e. The highest BCUT2D eigenvalue weighted by Crippen LogP contribution is 2.21. The van der Waals surface area contributed by atoms with Gasteiger partial charge in [-0.15, -0.1) is 0 Å². The van der Waals surface area contributed by atoms with Crippen LogP contribution in [0.25, 0.3) is 0 Å². The van der Waals surface area contributed by atoms with Gasteiger partial charge < -0.3 is 5.73 Å². The lowest BCUT2D eigenvalue weighted by Gasteiger charge is -2.15. The average molecular weight is 240 g/mol. The summed E-state index contributed by atoms with van der Waals surface area (Å²) in [5.41, 5.74) is 12.0. The Kier molecular flexibility index (Phi) is 3.78. The molecular formula is C16H20N2. The molecule has 18 heavy (non-hydrogen) atoms. The molecule has 2 nitrogen and oxygen atoms in total. The van der Waals surface area contributed by atoms with Gasteiger partial charge in [-0.25, -0.2) is 0 Å². The number of rotatable bonds is 3. The van der Waals surface area contributed by atoms with E-state index in [0.29, 0.717) is 0 Å². The third-order valence-electron chi connectivity index (χ3n) is 3.30. The van der Waals surface area contributed by atoms with Crippen molar-refractivity contribution in [1.29, 1.82) is 0 Å². The summed E-state index contributed by atoms with van der Waals surface area (Å²) < 4.78 is 0. The number of nitrogens with two attached hydrogens (primary N) is 1. The lowest BCUT2D eigenvalue weighted by molar-refractivity contribution is 0.814. The Hall–Kier alpha value is -1.67. The zero-order valence-corrected chi connectivity index (χ0v) is 11.3. The van der Waals surface area contributed by atoms with Gasteiger partial charge in [-0.1, -0.05) is 37.3 Å². The quantitative estimate of drug-likeness (QED) is 0.894. The molecule has 0 radical (unpaired) electrons. The largest absolute Gasteiger partial charge is 0.319 e. The van der Waals surface area contributed by atoms with Crippen molar-refractivity contribution in [3.8, 4) is 0 Å². The maximum absolute atomic E-state index is 6.30. The molecule has 1 aromatic heterocycles. The molecule has 2 N–H and O–H groups in total. The fourth-order valence-corrected chi connectivity index (χ4v) is 2.17. The minimum atomic E-state index is -0.142. The molecule has 0 spiro atoms. The van der Waals surface area contributed by atoms with E-state index in [1.807, 2.05) is 13.1 Å². The van der Waals surface area contributed by atoms with Crippen molar-refractivity contribution in [3.63, 3.8) is 0 Å². The highest BCUT2D eigenvalue weighted by molar-refractivity contribution is 5.34. The highest BCUT2D eigenvalue weighted by Gasteiger charge is 2.12. The highest BCUT2D eigenvalue weighted by atomic mass is 14.8. The molecule has 1 unspecified atom stereocenters. The summed E-state index contributed by atoms with van der Waals surface area (Å²) in [6.45, 7) is 6.27.